The third-order valence-corrected chi connectivity index (χ3v) is 7.15. The highest BCUT2D eigenvalue weighted by molar-refractivity contribution is 7.86. The maximum absolute atomic E-state index is 13.5. The second-order valence-electron chi connectivity index (χ2n) is 8.71. The monoisotopic (exact) mass is 520 g/mol. The van der Waals surface area contributed by atoms with Gasteiger partial charge in [-0.1, -0.05) is 44.7 Å². The van der Waals surface area contributed by atoms with Gasteiger partial charge in [-0.05, 0) is 31.4 Å². The quantitative estimate of drug-likeness (QED) is 0.261. The van der Waals surface area contributed by atoms with Crippen molar-refractivity contribution in [2.75, 3.05) is 19.0 Å². The largest absolute Gasteiger partial charge is 0.467 e. The fourth-order valence-electron chi connectivity index (χ4n) is 4.40. The molecule has 12 heteroatoms. The van der Waals surface area contributed by atoms with E-state index in [1.54, 1.807) is 9.47 Å². The molecule has 2 heterocycles. The minimum absolute atomic E-state index is 0.113. The van der Waals surface area contributed by atoms with Crippen molar-refractivity contribution < 1.29 is 32.1 Å². The number of carbonyl (C=O) groups excluding carboxylic acids is 3. The summed E-state index contributed by atoms with van der Waals surface area (Å²) in [7, 11) is -3.30. The Kier molecular flexibility index (Phi) is 9.21. The number of nitrogens with one attached hydrogen (secondary N) is 1. The molecule has 0 saturated carbocycles. The number of benzene rings is 1. The molecule has 1 aromatic carbocycles. The van der Waals surface area contributed by atoms with E-state index in [-0.39, 0.29) is 17.3 Å². The molecule has 1 aliphatic rings. The number of hydrogen-bond donors (Lipinski definition) is 2. The molecule has 0 unspecified atom stereocenters. The number of esters is 1. The van der Waals surface area contributed by atoms with E-state index in [9.17, 15) is 27.4 Å². The predicted molar refractivity (Wildman–Crippen MR) is 131 cm³/mol. The molecule has 2 aromatic rings. The summed E-state index contributed by atoms with van der Waals surface area (Å²) in [4.78, 5) is 43.7. The normalized spacial score (nSPS) is 16.5. The minimum atomic E-state index is -4.60. The second-order valence-corrected chi connectivity index (χ2v) is 10.1. The van der Waals surface area contributed by atoms with Crippen molar-refractivity contribution in [3.8, 4) is 0 Å². The summed E-state index contributed by atoms with van der Waals surface area (Å²) >= 11 is 0. The molecule has 1 aliphatic heterocycles. The smallest absolute Gasteiger partial charge is 0.328 e. The first kappa shape index (κ1) is 27.3. The Morgan fingerprint density at radius 2 is 1.97 bits per heavy atom. The molecule has 0 radical (unpaired) electrons. The van der Waals surface area contributed by atoms with Crippen LogP contribution in [-0.4, -0.2) is 64.9 Å². The van der Waals surface area contributed by atoms with Gasteiger partial charge >= 0.3 is 5.97 Å². The zero-order valence-corrected chi connectivity index (χ0v) is 21.2. The third-order valence-electron chi connectivity index (χ3n) is 6.24. The fraction of sp³-hybridized carbons (Fsp3) is 0.500. The van der Waals surface area contributed by atoms with Crippen LogP contribution in [0.5, 0.6) is 0 Å². The van der Waals surface area contributed by atoms with Crippen LogP contribution < -0.4 is 5.32 Å². The SMILES string of the molecule is CCCCCC[C@H](C(=O)N1CCC[C@H]1C(=O)OC)n1cnc(NC(=O)c2ccccc2S(=O)(=O)O)c1. The highest BCUT2D eigenvalue weighted by atomic mass is 32.2. The molecule has 0 spiro atoms. The highest BCUT2D eigenvalue weighted by Crippen LogP contribution is 2.27. The maximum atomic E-state index is 13.5. The molecule has 0 bridgehead atoms. The summed E-state index contributed by atoms with van der Waals surface area (Å²) in [6.45, 7) is 2.55. The number of hydrogen-bond acceptors (Lipinski definition) is 7. The van der Waals surface area contributed by atoms with Gasteiger partial charge in [0.2, 0.25) is 5.91 Å². The lowest BCUT2D eigenvalue weighted by Crippen LogP contribution is -2.44. The number of nitrogens with zero attached hydrogens (tertiary/aromatic N) is 3. The molecule has 11 nitrogen and oxygen atoms in total. The van der Waals surface area contributed by atoms with E-state index in [0.29, 0.717) is 25.8 Å². The molecular weight excluding hydrogens is 488 g/mol. The lowest BCUT2D eigenvalue weighted by Gasteiger charge is -2.28. The van der Waals surface area contributed by atoms with Crippen molar-refractivity contribution in [3.63, 3.8) is 0 Å². The zero-order chi connectivity index (χ0) is 26.3. The number of ether oxygens (including phenoxy) is 1. The van der Waals surface area contributed by atoms with Gasteiger partial charge < -0.3 is 19.5 Å². The Labute approximate surface area is 210 Å². The van der Waals surface area contributed by atoms with Gasteiger partial charge in [0.1, 0.15) is 17.0 Å². The summed E-state index contributed by atoms with van der Waals surface area (Å²) < 4.78 is 39.2. The molecule has 2 N–H and O–H groups in total. The number of amides is 2. The molecule has 0 aliphatic carbocycles. The molecule has 196 valence electrons. The van der Waals surface area contributed by atoms with Crippen molar-refractivity contribution in [1.82, 2.24) is 14.5 Å². The van der Waals surface area contributed by atoms with Crippen LogP contribution in [0.3, 0.4) is 0 Å². The van der Waals surface area contributed by atoms with Gasteiger partial charge in [-0.3, -0.25) is 14.1 Å². The average molecular weight is 521 g/mol. The van der Waals surface area contributed by atoms with Crippen LogP contribution in [0.4, 0.5) is 5.82 Å². The Hall–Kier alpha value is -3.25. The number of imidazole rings is 1. The first-order valence-corrected chi connectivity index (χ1v) is 13.4. The zero-order valence-electron chi connectivity index (χ0n) is 20.4. The Morgan fingerprint density at radius 3 is 2.67 bits per heavy atom. The number of rotatable bonds is 11. The van der Waals surface area contributed by atoms with Crippen LogP contribution in [-0.2, 0) is 24.4 Å². The fourth-order valence-corrected chi connectivity index (χ4v) is 5.09. The third kappa shape index (κ3) is 6.49. The van der Waals surface area contributed by atoms with Crippen molar-refractivity contribution in [1.29, 1.82) is 0 Å². The van der Waals surface area contributed by atoms with Crippen LogP contribution in [0, 0.1) is 0 Å². The van der Waals surface area contributed by atoms with Gasteiger partial charge in [-0.2, -0.15) is 8.42 Å². The van der Waals surface area contributed by atoms with Gasteiger partial charge in [-0.15, -0.1) is 0 Å². The van der Waals surface area contributed by atoms with Gasteiger partial charge in [0.05, 0.1) is 19.0 Å². The average Bonchev–Trinajstić information content (AvgIpc) is 3.53. The molecule has 3 rings (SSSR count). The van der Waals surface area contributed by atoms with Crippen LogP contribution in [0.25, 0.3) is 0 Å². The number of unbranched alkanes of at least 4 members (excludes halogenated alkanes) is 3. The summed E-state index contributed by atoms with van der Waals surface area (Å²) in [5, 5.41) is 2.52. The molecule has 2 amide bonds. The predicted octanol–water partition coefficient (Wildman–Crippen LogP) is 3.06. The van der Waals surface area contributed by atoms with Crippen molar-refractivity contribution in [3.05, 3.63) is 42.4 Å². The van der Waals surface area contributed by atoms with Crippen molar-refractivity contribution in [2.45, 2.75) is 68.8 Å². The number of methoxy groups -OCH3 is 1. The maximum Gasteiger partial charge on any atom is 0.328 e. The van der Waals surface area contributed by atoms with Crippen LogP contribution >= 0.6 is 0 Å². The van der Waals surface area contributed by atoms with Gasteiger partial charge in [0.15, 0.2) is 5.82 Å². The first-order chi connectivity index (χ1) is 17.2. The highest BCUT2D eigenvalue weighted by Gasteiger charge is 2.38. The standard InChI is InChI=1S/C24H32N4O7S/c1-3-4-5-6-11-18(23(30)28-14-9-12-19(28)24(31)35-2)27-15-21(25-16-27)26-22(29)17-10-7-8-13-20(17)36(32,33)34/h7-8,10,13,15-16,18-19H,3-6,9,11-12,14H2,1-2H3,(H,26,29)(H,32,33,34)/t18-,19+/m1/s1. The topological polar surface area (TPSA) is 148 Å². The summed E-state index contributed by atoms with van der Waals surface area (Å²) in [5.41, 5.74) is -0.236. The van der Waals surface area contributed by atoms with E-state index in [1.807, 2.05) is 0 Å². The number of aromatic nitrogens is 2. The first-order valence-electron chi connectivity index (χ1n) is 12.0. The van der Waals surface area contributed by atoms with Crippen LogP contribution in [0.1, 0.15) is 68.3 Å². The van der Waals surface area contributed by atoms with E-state index >= 15 is 0 Å². The second kappa shape index (κ2) is 12.1. The number of likely N-dealkylation sites (tertiary alicyclic amines) is 1. The number of anilines is 1. The van der Waals surface area contributed by atoms with Crippen LogP contribution in [0.2, 0.25) is 0 Å². The molecule has 1 aromatic heterocycles. The van der Waals surface area contributed by atoms with E-state index in [1.165, 1.54) is 37.8 Å². The van der Waals surface area contributed by atoms with E-state index in [0.717, 1.165) is 31.7 Å². The Bertz CT molecular complexity index is 1190. The van der Waals surface area contributed by atoms with Crippen molar-refractivity contribution >= 4 is 33.7 Å². The van der Waals surface area contributed by atoms with E-state index in [2.05, 4.69) is 17.2 Å². The molecular formula is C24H32N4O7S. The summed E-state index contributed by atoms with van der Waals surface area (Å²) in [6.07, 6.45) is 8.52. The lowest BCUT2D eigenvalue weighted by atomic mass is 10.1. The molecule has 2 atom stereocenters. The Morgan fingerprint density at radius 1 is 1.22 bits per heavy atom. The summed E-state index contributed by atoms with van der Waals surface area (Å²) in [6, 6.07) is 4.01. The molecule has 1 fully saturated rings. The molecule has 1 saturated heterocycles. The van der Waals surface area contributed by atoms with Gasteiger partial charge in [0.25, 0.3) is 16.0 Å². The van der Waals surface area contributed by atoms with Gasteiger partial charge in [0, 0.05) is 12.7 Å². The summed E-state index contributed by atoms with van der Waals surface area (Å²) in [5.74, 6) is -1.32. The van der Waals surface area contributed by atoms with E-state index < -0.39 is 39.0 Å². The minimum Gasteiger partial charge on any atom is -0.467 e. The van der Waals surface area contributed by atoms with E-state index in [4.69, 9.17) is 4.74 Å². The lowest BCUT2D eigenvalue weighted by molar-refractivity contribution is -0.152. The van der Waals surface area contributed by atoms with Gasteiger partial charge in [-0.25, -0.2) is 9.78 Å². The van der Waals surface area contributed by atoms with Crippen molar-refractivity contribution in [2.24, 2.45) is 0 Å². The number of carbonyl (C=O) groups is 3. The van der Waals surface area contributed by atoms with Crippen LogP contribution in [0.15, 0.2) is 41.7 Å². The molecule has 36 heavy (non-hydrogen) atoms. The Balaban J connectivity index is 1.82.